The molecule has 4 heteroatoms. The minimum absolute atomic E-state index is 0.604. The summed E-state index contributed by atoms with van der Waals surface area (Å²) in [5.74, 6) is 0.604. The molecule has 0 aliphatic carbocycles. The molecule has 0 spiro atoms. The molecule has 0 aliphatic heterocycles. The van der Waals surface area contributed by atoms with E-state index in [1.165, 1.54) is 0 Å². The smallest absolute Gasteiger partial charge is 0.115 e. The van der Waals surface area contributed by atoms with Crippen molar-refractivity contribution in [3.05, 3.63) is 24.3 Å². The van der Waals surface area contributed by atoms with Gasteiger partial charge in [-0.15, -0.1) is 0 Å². The maximum atomic E-state index is 5.44. The van der Waals surface area contributed by atoms with E-state index in [1.54, 1.807) is 12.5 Å². The molecule has 0 aliphatic rings. The third-order valence-electron chi connectivity index (χ3n) is 1.82. The lowest BCUT2D eigenvalue weighted by atomic mass is 10.2. The Morgan fingerprint density at radius 1 is 1.47 bits per heavy atom. The molecule has 0 amide bonds. The topological polar surface area (TPSA) is 47.0 Å². The largest absolute Gasteiger partial charge is 0.380 e. The minimum Gasteiger partial charge on any atom is -0.380 e. The van der Waals surface area contributed by atoms with Crippen LogP contribution >= 0.6 is 0 Å². The van der Waals surface area contributed by atoms with E-state index in [2.05, 4.69) is 29.1 Å². The van der Waals surface area contributed by atoms with Gasteiger partial charge in [-0.05, 0) is 12.0 Å². The molecule has 1 N–H and O–H groups in total. The van der Waals surface area contributed by atoms with Crippen molar-refractivity contribution < 1.29 is 4.74 Å². The van der Waals surface area contributed by atoms with E-state index in [-0.39, 0.29) is 0 Å². The Labute approximate surface area is 91.1 Å². The summed E-state index contributed by atoms with van der Waals surface area (Å²) in [6.45, 7) is 7.51. The van der Waals surface area contributed by atoms with Crippen LogP contribution in [0.4, 0.5) is 0 Å². The average Bonchev–Trinajstić information content (AvgIpc) is 2.24. The number of rotatable bonds is 7. The van der Waals surface area contributed by atoms with Crippen LogP contribution in [0.3, 0.4) is 0 Å². The fraction of sp³-hybridized carbons (Fsp3) is 0.636. The second-order valence-corrected chi connectivity index (χ2v) is 3.85. The molecule has 0 radical (unpaired) electrons. The van der Waals surface area contributed by atoms with Crippen LogP contribution in [0.5, 0.6) is 0 Å². The number of aromatic nitrogens is 2. The molecule has 0 aromatic carbocycles. The molecule has 1 aromatic rings. The maximum Gasteiger partial charge on any atom is 0.115 e. The zero-order chi connectivity index (χ0) is 10.9. The van der Waals surface area contributed by atoms with Gasteiger partial charge in [-0.1, -0.05) is 13.8 Å². The van der Waals surface area contributed by atoms with Gasteiger partial charge in [-0.3, -0.25) is 0 Å². The van der Waals surface area contributed by atoms with Gasteiger partial charge in [-0.25, -0.2) is 9.97 Å². The van der Waals surface area contributed by atoms with Crippen molar-refractivity contribution in [1.29, 1.82) is 0 Å². The molecule has 1 heterocycles. The van der Waals surface area contributed by atoms with Crippen molar-refractivity contribution in [3.8, 4) is 0 Å². The lowest BCUT2D eigenvalue weighted by molar-refractivity contribution is 0.111. The summed E-state index contributed by atoms with van der Waals surface area (Å²) in [6.07, 6.45) is 3.31. The molecule has 84 valence electrons. The van der Waals surface area contributed by atoms with Gasteiger partial charge in [0.05, 0.1) is 12.3 Å². The van der Waals surface area contributed by atoms with Crippen LogP contribution < -0.4 is 5.32 Å². The second kappa shape index (κ2) is 7.31. The molecule has 15 heavy (non-hydrogen) atoms. The zero-order valence-corrected chi connectivity index (χ0v) is 9.44. The summed E-state index contributed by atoms with van der Waals surface area (Å²) >= 11 is 0. The minimum atomic E-state index is 0.604. The third-order valence-corrected chi connectivity index (χ3v) is 1.82. The number of nitrogens with zero attached hydrogens (tertiary/aromatic N) is 2. The van der Waals surface area contributed by atoms with Crippen molar-refractivity contribution in [2.75, 3.05) is 19.8 Å². The van der Waals surface area contributed by atoms with Gasteiger partial charge in [0.2, 0.25) is 0 Å². The molecule has 0 fully saturated rings. The van der Waals surface area contributed by atoms with Gasteiger partial charge >= 0.3 is 0 Å². The summed E-state index contributed by atoms with van der Waals surface area (Å²) in [5.41, 5.74) is 1.01. The highest BCUT2D eigenvalue weighted by Gasteiger charge is 1.94. The van der Waals surface area contributed by atoms with Crippen molar-refractivity contribution >= 4 is 0 Å². The molecule has 1 rings (SSSR count). The van der Waals surface area contributed by atoms with Crippen LogP contribution in [0.1, 0.15) is 19.5 Å². The first-order valence-corrected chi connectivity index (χ1v) is 5.32. The van der Waals surface area contributed by atoms with Gasteiger partial charge < -0.3 is 10.1 Å². The normalized spacial score (nSPS) is 10.9. The van der Waals surface area contributed by atoms with Crippen LogP contribution in [-0.4, -0.2) is 29.7 Å². The SMILES string of the molecule is CC(C)COCCNCc1ccncn1. The summed E-state index contributed by atoms with van der Waals surface area (Å²) in [4.78, 5) is 7.97. The van der Waals surface area contributed by atoms with Gasteiger partial charge in [0.15, 0.2) is 0 Å². The fourth-order valence-electron chi connectivity index (χ4n) is 1.10. The summed E-state index contributed by atoms with van der Waals surface area (Å²) < 4.78 is 5.44. The molecular formula is C11H19N3O. The Hall–Kier alpha value is -1.00. The van der Waals surface area contributed by atoms with Crippen molar-refractivity contribution in [2.24, 2.45) is 5.92 Å². The lowest BCUT2D eigenvalue weighted by Gasteiger charge is -2.07. The van der Waals surface area contributed by atoms with Gasteiger partial charge in [-0.2, -0.15) is 0 Å². The Kier molecular flexibility index (Phi) is 5.88. The standard InChI is InChI=1S/C11H19N3O/c1-10(2)8-15-6-5-12-7-11-3-4-13-9-14-11/h3-4,9-10,12H,5-8H2,1-2H3. The highest BCUT2D eigenvalue weighted by Crippen LogP contribution is 1.92. The molecule has 0 saturated carbocycles. The number of hydrogen-bond donors (Lipinski definition) is 1. The summed E-state index contributed by atoms with van der Waals surface area (Å²) in [5, 5.41) is 3.26. The highest BCUT2D eigenvalue weighted by atomic mass is 16.5. The molecular weight excluding hydrogens is 190 g/mol. The second-order valence-electron chi connectivity index (χ2n) is 3.85. The fourth-order valence-corrected chi connectivity index (χ4v) is 1.10. The van der Waals surface area contributed by atoms with Crippen molar-refractivity contribution in [1.82, 2.24) is 15.3 Å². The predicted octanol–water partition coefficient (Wildman–Crippen LogP) is 1.24. The molecule has 0 bridgehead atoms. The van der Waals surface area contributed by atoms with Gasteiger partial charge in [0.25, 0.3) is 0 Å². The van der Waals surface area contributed by atoms with E-state index in [4.69, 9.17) is 4.74 Å². The first-order valence-electron chi connectivity index (χ1n) is 5.32. The third kappa shape index (κ3) is 6.14. The maximum absolute atomic E-state index is 5.44. The highest BCUT2D eigenvalue weighted by molar-refractivity contribution is 4.96. The quantitative estimate of drug-likeness (QED) is 0.686. The van der Waals surface area contributed by atoms with Crippen LogP contribution in [0.15, 0.2) is 18.6 Å². The van der Waals surface area contributed by atoms with Gasteiger partial charge in [0, 0.05) is 25.9 Å². The first kappa shape index (κ1) is 12.1. The van der Waals surface area contributed by atoms with Crippen LogP contribution in [0.25, 0.3) is 0 Å². The van der Waals surface area contributed by atoms with E-state index < -0.39 is 0 Å². The Balaban J connectivity index is 1.98. The monoisotopic (exact) mass is 209 g/mol. The number of nitrogens with one attached hydrogen (secondary N) is 1. The van der Waals surface area contributed by atoms with Crippen LogP contribution in [0, 0.1) is 5.92 Å². The van der Waals surface area contributed by atoms with E-state index in [0.717, 1.165) is 32.0 Å². The Morgan fingerprint density at radius 2 is 2.33 bits per heavy atom. The Bertz CT molecular complexity index is 251. The predicted molar refractivity (Wildman–Crippen MR) is 59.4 cm³/mol. The molecule has 0 saturated heterocycles. The van der Waals surface area contributed by atoms with E-state index >= 15 is 0 Å². The van der Waals surface area contributed by atoms with E-state index in [1.807, 2.05) is 6.07 Å². The van der Waals surface area contributed by atoms with E-state index in [0.29, 0.717) is 5.92 Å². The van der Waals surface area contributed by atoms with Crippen LogP contribution in [0.2, 0.25) is 0 Å². The summed E-state index contributed by atoms with van der Waals surface area (Å²) in [6, 6.07) is 1.90. The summed E-state index contributed by atoms with van der Waals surface area (Å²) in [7, 11) is 0. The van der Waals surface area contributed by atoms with Crippen molar-refractivity contribution in [3.63, 3.8) is 0 Å². The average molecular weight is 209 g/mol. The first-order chi connectivity index (χ1) is 7.29. The molecule has 1 aromatic heterocycles. The van der Waals surface area contributed by atoms with Gasteiger partial charge in [0.1, 0.15) is 6.33 Å². The van der Waals surface area contributed by atoms with Crippen LogP contribution in [-0.2, 0) is 11.3 Å². The van der Waals surface area contributed by atoms with Crippen molar-refractivity contribution in [2.45, 2.75) is 20.4 Å². The molecule has 0 atom stereocenters. The number of ether oxygens (including phenoxy) is 1. The molecule has 4 nitrogen and oxygen atoms in total. The van der Waals surface area contributed by atoms with E-state index in [9.17, 15) is 0 Å². The Morgan fingerprint density at radius 3 is 3.00 bits per heavy atom. The zero-order valence-electron chi connectivity index (χ0n) is 9.44. The lowest BCUT2D eigenvalue weighted by Crippen LogP contribution is -2.20. The number of hydrogen-bond acceptors (Lipinski definition) is 4. The molecule has 0 unspecified atom stereocenters.